The number of ether oxygens (including phenoxy) is 1. The molecule has 1 saturated heterocycles. The van der Waals surface area contributed by atoms with Gasteiger partial charge in [-0.25, -0.2) is 4.98 Å². The van der Waals surface area contributed by atoms with Gasteiger partial charge in [0.05, 0.1) is 25.7 Å². The van der Waals surface area contributed by atoms with E-state index in [1.54, 1.807) is 0 Å². The number of carboxylic acid groups (broad SMARTS) is 1. The van der Waals surface area contributed by atoms with Crippen molar-refractivity contribution in [2.24, 2.45) is 0 Å². The molecule has 1 N–H and O–H groups in total. The molecule has 0 spiro atoms. The first-order valence-corrected chi connectivity index (χ1v) is 7.05. The summed E-state index contributed by atoms with van der Waals surface area (Å²) >= 11 is 1.33. The van der Waals surface area contributed by atoms with E-state index in [1.165, 1.54) is 11.5 Å². The number of morpholine rings is 1. The number of anilines is 1. The van der Waals surface area contributed by atoms with Crippen molar-refractivity contribution in [2.75, 3.05) is 24.7 Å². The van der Waals surface area contributed by atoms with Crippen molar-refractivity contribution in [1.29, 1.82) is 0 Å². The minimum Gasteiger partial charge on any atom is -0.481 e. The number of carbonyl (C=O) groups is 1. The van der Waals surface area contributed by atoms with Crippen molar-refractivity contribution in [3.8, 4) is 0 Å². The minimum atomic E-state index is -0.818. The van der Waals surface area contributed by atoms with Crippen LogP contribution >= 0.6 is 11.5 Å². The topological polar surface area (TPSA) is 75.6 Å². The van der Waals surface area contributed by atoms with Crippen molar-refractivity contribution in [3.05, 3.63) is 5.82 Å². The zero-order valence-electron chi connectivity index (χ0n) is 11.4. The third kappa shape index (κ3) is 3.42. The van der Waals surface area contributed by atoms with Gasteiger partial charge in [0.2, 0.25) is 5.13 Å². The van der Waals surface area contributed by atoms with Gasteiger partial charge in [0, 0.05) is 23.5 Å². The molecule has 0 aromatic carbocycles. The average molecular weight is 285 g/mol. The van der Waals surface area contributed by atoms with E-state index >= 15 is 0 Å². The van der Waals surface area contributed by atoms with Gasteiger partial charge in [-0.3, -0.25) is 4.79 Å². The second kappa shape index (κ2) is 5.42. The molecule has 1 atom stereocenters. The van der Waals surface area contributed by atoms with Gasteiger partial charge in [-0.1, -0.05) is 20.8 Å². The molecule has 106 valence electrons. The van der Waals surface area contributed by atoms with Crippen molar-refractivity contribution < 1.29 is 14.6 Å². The van der Waals surface area contributed by atoms with E-state index < -0.39 is 5.97 Å². The van der Waals surface area contributed by atoms with Crippen molar-refractivity contribution in [1.82, 2.24) is 9.36 Å². The second-order valence-electron chi connectivity index (χ2n) is 5.67. The maximum atomic E-state index is 10.9. The van der Waals surface area contributed by atoms with Crippen LogP contribution in [-0.2, 0) is 14.9 Å². The number of rotatable bonds is 3. The number of aromatic nitrogens is 2. The van der Waals surface area contributed by atoms with Crippen LogP contribution in [0, 0.1) is 0 Å². The molecule has 2 rings (SSSR count). The van der Waals surface area contributed by atoms with Gasteiger partial charge in [0.15, 0.2) is 0 Å². The van der Waals surface area contributed by atoms with Gasteiger partial charge in [-0.05, 0) is 0 Å². The molecule has 0 aliphatic carbocycles. The molecular weight excluding hydrogens is 266 g/mol. The first kappa shape index (κ1) is 14.2. The zero-order valence-corrected chi connectivity index (χ0v) is 12.2. The molecule has 0 amide bonds. The lowest BCUT2D eigenvalue weighted by molar-refractivity contribution is -0.138. The molecule has 1 aromatic heterocycles. The molecular formula is C12H19N3O3S. The predicted octanol–water partition coefficient (Wildman–Crippen LogP) is 1.52. The SMILES string of the molecule is CC(C)(C)c1nsc(N2CCOCC2CC(=O)O)n1. The fourth-order valence-electron chi connectivity index (χ4n) is 1.91. The molecule has 19 heavy (non-hydrogen) atoms. The number of hydrogen-bond donors (Lipinski definition) is 1. The highest BCUT2D eigenvalue weighted by atomic mass is 32.1. The normalized spacial score (nSPS) is 20.6. The molecule has 1 aliphatic heterocycles. The average Bonchev–Trinajstić information content (AvgIpc) is 2.77. The summed E-state index contributed by atoms with van der Waals surface area (Å²) in [6.07, 6.45) is 0.0600. The van der Waals surface area contributed by atoms with E-state index in [0.717, 1.165) is 11.0 Å². The lowest BCUT2D eigenvalue weighted by Crippen LogP contribution is -2.46. The summed E-state index contributed by atoms with van der Waals surface area (Å²) in [6.45, 7) is 7.88. The van der Waals surface area contributed by atoms with Gasteiger partial charge in [-0.2, -0.15) is 4.37 Å². The zero-order chi connectivity index (χ0) is 14.0. The first-order valence-electron chi connectivity index (χ1n) is 6.28. The summed E-state index contributed by atoms with van der Waals surface area (Å²) in [6, 6.07) is -0.160. The van der Waals surface area contributed by atoms with Crippen LogP contribution in [0.1, 0.15) is 33.0 Å². The predicted molar refractivity (Wildman–Crippen MR) is 72.8 cm³/mol. The van der Waals surface area contributed by atoms with E-state index in [-0.39, 0.29) is 17.9 Å². The largest absolute Gasteiger partial charge is 0.481 e. The fraction of sp³-hybridized carbons (Fsp3) is 0.750. The van der Waals surface area contributed by atoms with Gasteiger partial charge in [-0.15, -0.1) is 0 Å². The van der Waals surface area contributed by atoms with E-state index in [0.29, 0.717) is 19.8 Å². The summed E-state index contributed by atoms with van der Waals surface area (Å²) in [5.74, 6) is -0.0193. The molecule has 6 nitrogen and oxygen atoms in total. The first-order chi connectivity index (χ1) is 8.88. The number of aliphatic carboxylic acids is 1. The number of nitrogens with zero attached hydrogens (tertiary/aromatic N) is 3. The van der Waals surface area contributed by atoms with Gasteiger partial charge >= 0.3 is 5.97 Å². The monoisotopic (exact) mass is 285 g/mol. The molecule has 1 aromatic rings. The lowest BCUT2D eigenvalue weighted by atomic mass is 9.96. The molecule has 0 bridgehead atoms. The number of hydrogen-bond acceptors (Lipinski definition) is 6. The van der Waals surface area contributed by atoms with E-state index in [4.69, 9.17) is 9.84 Å². The summed E-state index contributed by atoms with van der Waals surface area (Å²) in [4.78, 5) is 17.4. The van der Waals surface area contributed by atoms with Crippen molar-refractivity contribution in [2.45, 2.75) is 38.6 Å². The van der Waals surface area contributed by atoms with Crippen LogP contribution in [0.5, 0.6) is 0 Å². The Labute approximate surface area is 116 Å². The Morgan fingerprint density at radius 1 is 1.58 bits per heavy atom. The van der Waals surface area contributed by atoms with E-state index in [9.17, 15) is 4.79 Å². The van der Waals surface area contributed by atoms with Gasteiger partial charge in [0.1, 0.15) is 5.82 Å². The van der Waals surface area contributed by atoms with Gasteiger partial charge in [0.25, 0.3) is 0 Å². The van der Waals surface area contributed by atoms with Crippen LogP contribution in [0.25, 0.3) is 0 Å². The number of carboxylic acids is 1. The van der Waals surface area contributed by atoms with Crippen molar-refractivity contribution in [3.63, 3.8) is 0 Å². The molecule has 0 saturated carbocycles. The Balaban J connectivity index is 2.18. The standard InChI is InChI=1S/C12H19N3O3S/c1-12(2,3)10-13-11(19-14-10)15-4-5-18-7-8(15)6-9(16)17/h8H,4-7H2,1-3H3,(H,16,17). The highest BCUT2D eigenvalue weighted by Gasteiger charge is 2.29. The molecule has 7 heteroatoms. The summed E-state index contributed by atoms with van der Waals surface area (Å²) < 4.78 is 9.74. The smallest absolute Gasteiger partial charge is 0.305 e. The fourth-order valence-corrected chi connectivity index (χ4v) is 2.87. The summed E-state index contributed by atoms with van der Waals surface area (Å²) in [5.41, 5.74) is -0.0939. The van der Waals surface area contributed by atoms with Crippen LogP contribution in [-0.4, -0.2) is 46.2 Å². The van der Waals surface area contributed by atoms with Crippen LogP contribution in [0.4, 0.5) is 5.13 Å². The third-order valence-corrected chi connectivity index (χ3v) is 3.72. The molecule has 2 heterocycles. The molecule has 1 fully saturated rings. The van der Waals surface area contributed by atoms with Crippen molar-refractivity contribution >= 4 is 22.6 Å². The van der Waals surface area contributed by atoms with Crippen LogP contribution in [0.3, 0.4) is 0 Å². The van der Waals surface area contributed by atoms with E-state index in [2.05, 4.69) is 30.1 Å². The van der Waals surface area contributed by atoms with E-state index in [1.807, 2.05) is 4.90 Å². The summed E-state index contributed by atoms with van der Waals surface area (Å²) in [5, 5.41) is 9.74. The highest BCUT2D eigenvalue weighted by molar-refractivity contribution is 7.09. The maximum Gasteiger partial charge on any atom is 0.305 e. The molecule has 1 aliphatic rings. The quantitative estimate of drug-likeness (QED) is 0.907. The summed E-state index contributed by atoms with van der Waals surface area (Å²) in [7, 11) is 0. The Morgan fingerprint density at radius 3 is 2.89 bits per heavy atom. The Kier molecular flexibility index (Phi) is 4.05. The highest BCUT2D eigenvalue weighted by Crippen LogP contribution is 2.28. The Bertz CT molecular complexity index is 455. The maximum absolute atomic E-state index is 10.9. The third-order valence-electron chi connectivity index (χ3n) is 2.97. The molecule has 0 radical (unpaired) electrons. The minimum absolute atomic E-state index is 0.0600. The van der Waals surface area contributed by atoms with Crippen LogP contribution < -0.4 is 4.90 Å². The van der Waals surface area contributed by atoms with Crippen LogP contribution in [0.15, 0.2) is 0 Å². The van der Waals surface area contributed by atoms with Gasteiger partial charge < -0.3 is 14.7 Å². The Morgan fingerprint density at radius 2 is 2.32 bits per heavy atom. The second-order valence-corrected chi connectivity index (χ2v) is 6.40. The van der Waals surface area contributed by atoms with Crippen LogP contribution in [0.2, 0.25) is 0 Å². The molecule has 1 unspecified atom stereocenters. The Hall–Kier alpha value is -1.21. The lowest BCUT2D eigenvalue weighted by Gasteiger charge is -2.34.